The van der Waals surface area contributed by atoms with Gasteiger partial charge >= 0.3 is 5.97 Å². The lowest BCUT2D eigenvalue weighted by Crippen LogP contribution is -2.60. The molecular formula is C23H24O10. The Kier molecular flexibility index (Phi) is 7.67. The molecule has 1 aliphatic rings. The fourth-order valence-corrected chi connectivity index (χ4v) is 3.07. The number of phenols is 2. The number of Topliss-reactive ketones (excluding diaryl/α,β-unsaturated/α-hetero) is 1. The Bertz CT molecular complexity index is 1020. The van der Waals surface area contributed by atoms with Gasteiger partial charge in [-0.1, -0.05) is 6.07 Å². The summed E-state index contributed by atoms with van der Waals surface area (Å²) in [5.41, 5.74) is 0.891. The van der Waals surface area contributed by atoms with Crippen molar-refractivity contribution in [2.75, 3.05) is 6.61 Å². The van der Waals surface area contributed by atoms with Crippen LogP contribution in [0.2, 0.25) is 0 Å². The summed E-state index contributed by atoms with van der Waals surface area (Å²) in [5, 5.41) is 49.3. The van der Waals surface area contributed by atoms with E-state index in [1.165, 1.54) is 55.5 Å². The predicted octanol–water partition coefficient (Wildman–Crippen LogP) is 0.743. The molecule has 10 heteroatoms. The number of ether oxygens (including phenoxy) is 3. The second-order valence-corrected chi connectivity index (χ2v) is 7.42. The van der Waals surface area contributed by atoms with Gasteiger partial charge in [0, 0.05) is 11.6 Å². The summed E-state index contributed by atoms with van der Waals surface area (Å²) in [6.07, 6.45) is -4.91. The third-order valence-corrected chi connectivity index (χ3v) is 4.98. The van der Waals surface area contributed by atoms with Crippen LogP contribution in [-0.4, -0.2) is 74.6 Å². The lowest BCUT2D eigenvalue weighted by atomic mass is 9.99. The number of benzene rings is 2. The van der Waals surface area contributed by atoms with Crippen molar-refractivity contribution < 1.29 is 49.3 Å². The van der Waals surface area contributed by atoms with E-state index in [0.29, 0.717) is 11.1 Å². The van der Waals surface area contributed by atoms with E-state index in [0.717, 1.165) is 6.08 Å². The Hall–Kier alpha value is -3.44. The van der Waals surface area contributed by atoms with Gasteiger partial charge in [0.25, 0.3) is 0 Å². The van der Waals surface area contributed by atoms with Gasteiger partial charge in [0.1, 0.15) is 36.8 Å². The van der Waals surface area contributed by atoms with E-state index in [1.54, 1.807) is 0 Å². The summed E-state index contributed by atoms with van der Waals surface area (Å²) >= 11 is 0. The molecule has 0 bridgehead atoms. The van der Waals surface area contributed by atoms with Crippen molar-refractivity contribution in [3.63, 3.8) is 0 Å². The van der Waals surface area contributed by atoms with Crippen molar-refractivity contribution in [1.29, 1.82) is 0 Å². The van der Waals surface area contributed by atoms with E-state index in [1.807, 2.05) is 0 Å². The zero-order valence-corrected chi connectivity index (χ0v) is 17.6. The second kappa shape index (κ2) is 10.5. The van der Waals surface area contributed by atoms with Gasteiger partial charge < -0.3 is 39.7 Å². The first-order valence-corrected chi connectivity index (χ1v) is 10.00. The third kappa shape index (κ3) is 6.08. The maximum atomic E-state index is 12.0. The highest BCUT2D eigenvalue weighted by atomic mass is 16.7. The number of ketones is 1. The molecule has 1 aliphatic heterocycles. The summed E-state index contributed by atoms with van der Waals surface area (Å²) in [6.45, 7) is 0.968. The molecule has 0 aromatic heterocycles. The molecular weight excluding hydrogens is 436 g/mol. The van der Waals surface area contributed by atoms with Gasteiger partial charge in [-0.2, -0.15) is 0 Å². The van der Waals surface area contributed by atoms with E-state index in [-0.39, 0.29) is 23.0 Å². The molecule has 1 saturated heterocycles. The van der Waals surface area contributed by atoms with Crippen LogP contribution in [0.25, 0.3) is 6.08 Å². The molecule has 2 aromatic carbocycles. The molecule has 1 fully saturated rings. The first-order chi connectivity index (χ1) is 15.7. The highest BCUT2D eigenvalue weighted by Gasteiger charge is 2.45. The molecule has 5 atom stereocenters. The first kappa shape index (κ1) is 24.2. The molecule has 0 aliphatic carbocycles. The summed E-state index contributed by atoms with van der Waals surface area (Å²) in [5.74, 6) is -1.32. The summed E-state index contributed by atoms with van der Waals surface area (Å²) < 4.78 is 16.1. The minimum atomic E-state index is -1.63. The summed E-state index contributed by atoms with van der Waals surface area (Å²) in [7, 11) is 0. The number of esters is 1. The number of phenolic OH excluding ortho intramolecular Hbond substituents is 2. The largest absolute Gasteiger partial charge is 0.504 e. The van der Waals surface area contributed by atoms with Crippen molar-refractivity contribution in [1.82, 2.24) is 0 Å². The Morgan fingerprint density at radius 3 is 2.30 bits per heavy atom. The van der Waals surface area contributed by atoms with Crippen LogP contribution < -0.4 is 4.74 Å². The van der Waals surface area contributed by atoms with Crippen molar-refractivity contribution >= 4 is 17.8 Å². The zero-order valence-electron chi connectivity index (χ0n) is 17.6. The fourth-order valence-electron chi connectivity index (χ4n) is 3.07. The second-order valence-electron chi connectivity index (χ2n) is 7.42. The zero-order chi connectivity index (χ0) is 24.1. The van der Waals surface area contributed by atoms with Crippen molar-refractivity contribution in [3.05, 3.63) is 59.7 Å². The van der Waals surface area contributed by atoms with Gasteiger partial charge in [-0.25, -0.2) is 4.79 Å². The smallest absolute Gasteiger partial charge is 0.330 e. The minimum Gasteiger partial charge on any atom is -0.504 e. The van der Waals surface area contributed by atoms with Gasteiger partial charge in [0.15, 0.2) is 17.3 Å². The van der Waals surface area contributed by atoms with Crippen LogP contribution in [0.5, 0.6) is 17.2 Å². The summed E-state index contributed by atoms with van der Waals surface area (Å²) in [6, 6.07) is 10.0. The number of hydrogen-bond donors (Lipinski definition) is 5. The van der Waals surface area contributed by atoms with E-state index < -0.39 is 43.3 Å². The number of aromatic hydroxyl groups is 2. The monoisotopic (exact) mass is 460 g/mol. The number of rotatable bonds is 7. The Morgan fingerprint density at radius 2 is 1.67 bits per heavy atom. The number of carbonyl (C=O) groups excluding carboxylic acids is 2. The highest BCUT2D eigenvalue weighted by Crippen LogP contribution is 2.26. The van der Waals surface area contributed by atoms with Crippen molar-refractivity contribution in [3.8, 4) is 17.2 Å². The highest BCUT2D eigenvalue weighted by molar-refractivity contribution is 5.94. The lowest BCUT2D eigenvalue weighted by Gasteiger charge is -2.39. The molecule has 3 rings (SSSR count). The van der Waals surface area contributed by atoms with Crippen molar-refractivity contribution in [2.45, 2.75) is 37.6 Å². The van der Waals surface area contributed by atoms with Gasteiger partial charge in [-0.05, 0) is 55.0 Å². The lowest BCUT2D eigenvalue weighted by molar-refractivity contribution is -0.278. The van der Waals surface area contributed by atoms with Gasteiger partial charge in [0.05, 0.1) is 0 Å². The molecule has 0 spiro atoms. The SMILES string of the molecule is CC(=O)c1ccc(O[C@@H]2O[C@H](COC(=O)/C=C/c3ccc(O)c(O)c3)[C@@H](O)[C@H](O)[C@H]2O)cc1. The van der Waals surface area contributed by atoms with Crippen LogP contribution in [0.3, 0.4) is 0 Å². The van der Waals surface area contributed by atoms with Crippen LogP contribution in [0, 0.1) is 0 Å². The number of aliphatic hydroxyl groups excluding tert-OH is 3. The molecule has 10 nitrogen and oxygen atoms in total. The molecule has 2 aromatic rings. The van der Waals surface area contributed by atoms with Crippen molar-refractivity contribution in [2.24, 2.45) is 0 Å². The molecule has 5 N–H and O–H groups in total. The molecule has 0 radical (unpaired) electrons. The number of hydrogen-bond acceptors (Lipinski definition) is 10. The normalized spacial score (nSPS) is 25.0. The van der Waals surface area contributed by atoms with Crippen LogP contribution in [0.15, 0.2) is 48.5 Å². The Labute approximate surface area is 188 Å². The van der Waals surface area contributed by atoms with E-state index >= 15 is 0 Å². The van der Waals surface area contributed by atoms with Crippen LogP contribution in [0.1, 0.15) is 22.8 Å². The molecule has 176 valence electrons. The maximum absolute atomic E-state index is 12.0. The average molecular weight is 460 g/mol. The Morgan fingerprint density at radius 1 is 0.970 bits per heavy atom. The third-order valence-electron chi connectivity index (χ3n) is 4.98. The van der Waals surface area contributed by atoms with Crippen LogP contribution >= 0.6 is 0 Å². The molecule has 1 heterocycles. The van der Waals surface area contributed by atoms with Crippen LogP contribution in [-0.2, 0) is 14.3 Å². The topological polar surface area (TPSA) is 163 Å². The number of aliphatic hydroxyl groups is 3. The van der Waals surface area contributed by atoms with E-state index in [9.17, 15) is 35.1 Å². The standard InChI is InChI=1S/C23H24O10/c1-12(24)14-4-6-15(7-5-14)32-23-22(30)21(29)20(28)18(33-23)11-31-19(27)9-3-13-2-8-16(25)17(26)10-13/h2-10,18,20-23,25-26,28-30H,11H2,1H3/b9-3+/t18-,20-,21+,22-,23-/m1/s1. The average Bonchev–Trinajstić information content (AvgIpc) is 2.79. The molecule has 0 unspecified atom stereocenters. The number of carbonyl (C=O) groups is 2. The van der Waals surface area contributed by atoms with Crippen LogP contribution in [0.4, 0.5) is 0 Å². The fraction of sp³-hybridized carbons (Fsp3) is 0.304. The Balaban J connectivity index is 1.59. The molecule has 0 saturated carbocycles. The van der Waals surface area contributed by atoms with Gasteiger partial charge in [0.2, 0.25) is 6.29 Å². The van der Waals surface area contributed by atoms with E-state index in [4.69, 9.17) is 14.2 Å². The van der Waals surface area contributed by atoms with Gasteiger partial charge in [-0.15, -0.1) is 0 Å². The first-order valence-electron chi connectivity index (χ1n) is 10.00. The quantitative estimate of drug-likeness (QED) is 0.172. The minimum absolute atomic E-state index is 0.132. The summed E-state index contributed by atoms with van der Waals surface area (Å²) in [4.78, 5) is 23.4. The molecule has 33 heavy (non-hydrogen) atoms. The maximum Gasteiger partial charge on any atom is 0.330 e. The molecule has 0 amide bonds. The van der Waals surface area contributed by atoms with Gasteiger partial charge in [-0.3, -0.25) is 4.79 Å². The van der Waals surface area contributed by atoms with E-state index in [2.05, 4.69) is 0 Å². The predicted molar refractivity (Wildman–Crippen MR) is 114 cm³/mol.